The predicted molar refractivity (Wildman–Crippen MR) is 92.0 cm³/mol. The van der Waals surface area contributed by atoms with Crippen molar-refractivity contribution in [1.29, 1.82) is 0 Å². The van der Waals surface area contributed by atoms with Gasteiger partial charge in [-0.1, -0.05) is 0 Å². The molecule has 1 aromatic carbocycles. The van der Waals surface area contributed by atoms with Gasteiger partial charge in [0.05, 0.1) is 25.3 Å². The number of methoxy groups -OCH3 is 1. The maximum absolute atomic E-state index is 12.5. The minimum Gasteiger partial charge on any atom is -0.465 e. The van der Waals surface area contributed by atoms with Gasteiger partial charge < -0.3 is 10.1 Å². The summed E-state index contributed by atoms with van der Waals surface area (Å²) in [6.07, 6.45) is 0. The quantitative estimate of drug-likeness (QED) is 0.790. The van der Waals surface area contributed by atoms with Crippen molar-refractivity contribution in [2.45, 2.75) is 6.04 Å². The molecule has 1 atom stereocenters. The van der Waals surface area contributed by atoms with E-state index in [1.165, 1.54) is 7.11 Å². The van der Waals surface area contributed by atoms with Crippen LogP contribution in [-0.2, 0) is 9.53 Å². The van der Waals surface area contributed by atoms with Crippen LogP contribution in [-0.4, -0.2) is 44.4 Å². The molecule has 0 aliphatic carbocycles. The number of esters is 1. The maximum atomic E-state index is 12.5. The van der Waals surface area contributed by atoms with E-state index in [1.807, 2.05) is 35.8 Å². The molecule has 1 unspecified atom stereocenters. The first-order chi connectivity index (χ1) is 11.0. The normalized spacial score (nSPS) is 12.0. The number of likely N-dealkylation sites (N-methyl/N-ethyl adjacent to an activating group) is 1. The SMILES string of the molecule is COC(=O)c1ccc(NCC(=O)C(c2ccsc2)N(C)C)cc1. The lowest BCUT2D eigenvalue weighted by atomic mass is 10.1. The van der Waals surface area contributed by atoms with E-state index >= 15 is 0 Å². The first kappa shape index (κ1) is 17.2. The number of benzene rings is 1. The highest BCUT2D eigenvalue weighted by molar-refractivity contribution is 7.08. The number of ether oxygens (including phenoxy) is 1. The van der Waals surface area contributed by atoms with E-state index in [0.717, 1.165) is 11.3 Å². The third-order valence-electron chi connectivity index (χ3n) is 3.45. The second kappa shape index (κ2) is 7.89. The van der Waals surface area contributed by atoms with Gasteiger partial charge in [0.15, 0.2) is 5.78 Å². The Balaban J connectivity index is 1.99. The Morgan fingerprint density at radius 3 is 2.43 bits per heavy atom. The molecule has 0 aliphatic rings. The number of hydrogen-bond donors (Lipinski definition) is 1. The molecule has 0 aliphatic heterocycles. The van der Waals surface area contributed by atoms with Crippen LogP contribution in [0, 0.1) is 0 Å². The fourth-order valence-electron chi connectivity index (χ4n) is 2.33. The summed E-state index contributed by atoms with van der Waals surface area (Å²) in [6, 6.07) is 8.56. The number of Topliss-reactive ketones (excluding diaryl/α,β-unsaturated/α-hetero) is 1. The number of rotatable bonds is 7. The first-order valence-corrected chi connectivity index (χ1v) is 8.10. The molecule has 0 amide bonds. The summed E-state index contributed by atoms with van der Waals surface area (Å²) < 4.78 is 4.66. The molecule has 6 heteroatoms. The number of carbonyl (C=O) groups is 2. The van der Waals surface area contributed by atoms with E-state index < -0.39 is 0 Å². The van der Waals surface area contributed by atoms with E-state index in [1.54, 1.807) is 35.6 Å². The van der Waals surface area contributed by atoms with Crippen molar-refractivity contribution in [2.75, 3.05) is 33.1 Å². The Kier molecular flexibility index (Phi) is 5.90. The highest BCUT2D eigenvalue weighted by atomic mass is 32.1. The summed E-state index contributed by atoms with van der Waals surface area (Å²) in [4.78, 5) is 25.8. The van der Waals surface area contributed by atoms with Gasteiger partial charge >= 0.3 is 5.97 Å². The number of hydrogen-bond acceptors (Lipinski definition) is 6. The predicted octanol–water partition coefficient (Wildman–Crippen LogP) is 2.82. The van der Waals surface area contributed by atoms with E-state index in [9.17, 15) is 9.59 Å². The van der Waals surface area contributed by atoms with Gasteiger partial charge in [0.1, 0.15) is 0 Å². The van der Waals surface area contributed by atoms with Crippen molar-refractivity contribution in [3.05, 3.63) is 52.2 Å². The minimum absolute atomic E-state index is 0.0884. The lowest BCUT2D eigenvalue weighted by Crippen LogP contribution is -2.31. The van der Waals surface area contributed by atoms with Crippen molar-refractivity contribution in [3.8, 4) is 0 Å². The molecular weight excluding hydrogens is 312 g/mol. The van der Waals surface area contributed by atoms with Crippen LogP contribution in [0.3, 0.4) is 0 Å². The number of carbonyl (C=O) groups excluding carboxylic acids is 2. The topological polar surface area (TPSA) is 58.6 Å². The van der Waals surface area contributed by atoms with E-state index in [2.05, 4.69) is 10.1 Å². The van der Waals surface area contributed by atoms with Crippen LogP contribution in [0.2, 0.25) is 0 Å². The van der Waals surface area contributed by atoms with Crippen molar-refractivity contribution in [1.82, 2.24) is 4.90 Å². The van der Waals surface area contributed by atoms with Crippen molar-refractivity contribution in [3.63, 3.8) is 0 Å². The molecule has 2 rings (SSSR count). The Hall–Kier alpha value is -2.18. The molecule has 1 heterocycles. The number of nitrogens with zero attached hydrogens (tertiary/aromatic N) is 1. The lowest BCUT2D eigenvalue weighted by molar-refractivity contribution is -0.121. The molecule has 0 saturated heterocycles. The van der Waals surface area contributed by atoms with Crippen LogP contribution in [0.4, 0.5) is 5.69 Å². The van der Waals surface area contributed by atoms with Gasteiger partial charge in [-0.2, -0.15) is 11.3 Å². The fourth-order valence-corrected chi connectivity index (χ4v) is 3.01. The molecule has 1 N–H and O–H groups in total. The molecular formula is C17H20N2O3S. The van der Waals surface area contributed by atoms with Crippen LogP contribution in [0.15, 0.2) is 41.1 Å². The van der Waals surface area contributed by atoms with Crippen LogP contribution in [0.5, 0.6) is 0 Å². The molecule has 122 valence electrons. The molecule has 0 spiro atoms. The lowest BCUT2D eigenvalue weighted by Gasteiger charge is -2.22. The monoisotopic (exact) mass is 332 g/mol. The molecule has 23 heavy (non-hydrogen) atoms. The minimum atomic E-state index is -0.377. The molecule has 5 nitrogen and oxygen atoms in total. The molecule has 2 aromatic rings. The third-order valence-corrected chi connectivity index (χ3v) is 4.15. The smallest absolute Gasteiger partial charge is 0.337 e. The Labute approximate surface area is 139 Å². The second-order valence-electron chi connectivity index (χ2n) is 5.31. The summed E-state index contributed by atoms with van der Waals surface area (Å²) in [6.45, 7) is 0.219. The largest absolute Gasteiger partial charge is 0.465 e. The summed E-state index contributed by atoms with van der Waals surface area (Å²) in [5.41, 5.74) is 2.27. The average molecular weight is 332 g/mol. The maximum Gasteiger partial charge on any atom is 0.337 e. The summed E-state index contributed by atoms with van der Waals surface area (Å²) in [7, 11) is 5.13. The van der Waals surface area contributed by atoms with Gasteiger partial charge in [0.2, 0.25) is 0 Å². The van der Waals surface area contributed by atoms with E-state index in [0.29, 0.717) is 5.56 Å². The van der Waals surface area contributed by atoms with Gasteiger partial charge in [-0.3, -0.25) is 9.69 Å². The Morgan fingerprint density at radius 2 is 1.91 bits per heavy atom. The van der Waals surface area contributed by atoms with Gasteiger partial charge in [0, 0.05) is 5.69 Å². The van der Waals surface area contributed by atoms with Crippen molar-refractivity contribution < 1.29 is 14.3 Å². The average Bonchev–Trinajstić information content (AvgIpc) is 3.06. The fraction of sp³-hybridized carbons (Fsp3) is 0.294. The molecule has 1 aromatic heterocycles. The van der Waals surface area contributed by atoms with Gasteiger partial charge in [-0.05, 0) is 60.8 Å². The molecule has 0 bridgehead atoms. The Morgan fingerprint density at radius 1 is 1.22 bits per heavy atom. The van der Waals surface area contributed by atoms with E-state index in [4.69, 9.17) is 0 Å². The number of ketones is 1. The summed E-state index contributed by atoms with van der Waals surface area (Å²) >= 11 is 1.58. The number of nitrogens with one attached hydrogen (secondary N) is 1. The van der Waals surface area contributed by atoms with Crippen molar-refractivity contribution >= 4 is 28.8 Å². The van der Waals surface area contributed by atoms with Gasteiger partial charge in [-0.25, -0.2) is 4.79 Å². The zero-order valence-electron chi connectivity index (χ0n) is 13.4. The van der Waals surface area contributed by atoms with Gasteiger partial charge in [-0.15, -0.1) is 0 Å². The third kappa shape index (κ3) is 4.40. The molecule has 0 radical (unpaired) electrons. The van der Waals surface area contributed by atoms with Crippen LogP contribution >= 0.6 is 11.3 Å². The second-order valence-corrected chi connectivity index (χ2v) is 6.09. The zero-order chi connectivity index (χ0) is 16.8. The highest BCUT2D eigenvalue weighted by Gasteiger charge is 2.22. The zero-order valence-corrected chi connectivity index (χ0v) is 14.2. The molecule has 0 saturated carbocycles. The van der Waals surface area contributed by atoms with Crippen LogP contribution in [0.25, 0.3) is 0 Å². The summed E-state index contributed by atoms with van der Waals surface area (Å²) in [5, 5.41) is 7.07. The summed E-state index contributed by atoms with van der Waals surface area (Å²) in [5.74, 6) is -0.289. The standard InChI is InChI=1S/C17H20N2O3S/c1-19(2)16(13-8-9-23-11-13)15(20)10-18-14-6-4-12(5-7-14)17(21)22-3/h4-9,11,16,18H,10H2,1-3H3. The number of thiophene rings is 1. The molecule has 0 fully saturated rings. The Bertz CT molecular complexity index is 651. The van der Waals surface area contributed by atoms with Crippen molar-refractivity contribution in [2.24, 2.45) is 0 Å². The van der Waals surface area contributed by atoms with Crippen LogP contribution < -0.4 is 5.32 Å². The highest BCUT2D eigenvalue weighted by Crippen LogP contribution is 2.22. The van der Waals surface area contributed by atoms with Gasteiger partial charge in [0.25, 0.3) is 0 Å². The first-order valence-electron chi connectivity index (χ1n) is 7.16. The van der Waals surface area contributed by atoms with E-state index in [-0.39, 0.29) is 24.3 Å². The number of anilines is 1. The van der Waals surface area contributed by atoms with Crippen LogP contribution in [0.1, 0.15) is 22.0 Å².